The summed E-state index contributed by atoms with van der Waals surface area (Å²) < 4.78 is 22.9. The number of hydrogen-bond donors (Lipinski definition) is 9. The van der Waals surface area contributed by atoms with Gasteiger partial charge >= 0.3 is 7.82 Å². The van der Waals surface area contributed by atoms with Crippen LogP contribution in [-0.2, 0) is 18.4 Å². The summed E-state index contributed by atoms with van der Waals surface area (Å²) in [5, 5.41) is 74.5. The Morgan fingerprint density at radius 2 is 0.935 bits per heavy atom. The highest BCUT2D eigenvalue weighted by Gasteiger charge is 2.51. The van der Waals surface area contributed by atoms with Gasteiger partial charge in [-0.1, -0.05) is 186 Å². The summed E-state index contributed by atoms with van der Waals surface area (Å²) in [5.74, 6) is -0.600. The summed E-state index contributed by atoms with van der Waals surface area (Å²) in [6.45, 7) is 3.75. The molecule has 9 N–H and O–H groups in total. The van der Waals surface area contributed by atoms with Crippen molar-refractivity contribution in [3.8, 4) is 0 Å². The van der Waals surface area contributed by atoms with E-state index < -0.39 is 75.2 Å². The summed E-state index contributed by atoms with van der Waals surface area (Å²) in [5.41, 5.74) is 0. The fraction of sp³-hybridized carbons (Fsp3) is 0.896. The Morgan fingerprint density at radius 1 is 0.565 bits per heavy atom. The highest BCUT2D eigenvalue weighted by atomic mass is 31.2. The van der Waals surface area contributed by atoms with Crippen molar-refractivity contribution in [2.45, 2.75) is 268 Å². The minimum absolute atomic E-state index is 0.253. The van der Waals surface area contributed by atoms with Crippen molar-refractivity contribution < 1.29 is 59.0 Å². The topological polar surface area (TPSA) is 226 Å². The van der Waals surface area contributed by atoms with Crippen LogP contribution in [0.15, 0.2) is 24.3 Å². The number of rotatable bonds is 41. The first-order valence-corrected chi connectivity index (χ1v) is 26.4. The molecule has 1 aliphatic rings. The number of unbranched alkanes of at least 4 members (excludes halogenated alkanes) is 26. The normalized spacial score (nSPS) is 23.2. The second-order valence-electron chi connectivity index (χ2n) is 17.8. The van der Waals surface area contributed by atoms with Crippen LogP contribution < -0.4 is 5.32 Å². The molecule has 0 aromatic heterocycles. The van der Waals surface area contributed by atoms with Crippen molar-refractivity contribution >= 4 is 13.7 Å². The van der Waals surface area contributed by atoms with Gasteiger partial charge in [0.15, 0.2) is 0 Å². The van der Waals surface area contributed by atoms with Gasteiger partial charge in [0.1, 0.15) is 36.6 Å². The van der Waals surface area contributed by atoms with Gasteiger partial charge < -0.3 is 46.0 Å². The molecule has 0 saturated heterocycles. The van der Waals surface area contributed by atoms with E-state index >= 15 is 0 Å². The minimum Gasteiger partial charge on any atom is -0.393 e. The SMILES string of the molecule is CCCCCCCCCCC/C=C\CCCCCC(O)CC(=O)NC(COP(=O)(O)OC1C(O)C(O)C(O)C(O)C1O)C(O)/C=C/CCCCCCCCCCCCCCCC. The largest absolute Gasteiger partial charge is 0.472 e. The van der Waals surface area contributed by atoms with Crippen molar-refractivity contribution in [3.63, 3.8) is 0 Å². The molecule has 1 amide bonds. The summed E-state index contributed by atoms with van der Waals surface area (Å²) >= 11 is 0. The highest BCUT2D eigenvalue weighted by Crippen LogP contribution is 2.47. The lowest BCUT2D eigenvalue weighted by molar-refractivity contribution is -0.220. The van der Waals surface area contributed by atoms with E-state index in [1.165, 1.54) is 134 Å². The van der Waals surface area contributed by atoms with Crippen molar-refractivity contribution in [2.75, 3.05) is 6.61 Å². The van der Waals surface area contributed by atoms with Crippen molar-refractivity contribution in [1.82, 2.24) is 5.32 Å². The van der Waals surface area contributed by atoms with Crippen LogP contribution in [0.25, 0.3) is 0 Å². The van der Waals surface area contributed by atoms with E-state index in [1.54, 1.807) is 6.08 Å². The second-order valence-corrected chi connectivity index (χ2v) is 19.3. The predicted molar refractivity (Wildman–Crippen MR) is 247 cm³/mol. The van der Waals surface area contributed by atoms with E-state index in [0.717, 1.165) is 51.4 Å². The van der Waals surface area contributed by atoms with Crippen molar-refractivity contribution in [3.05, 3.63) is 24.3 Å². The van der Waals surface area contributed by atoms with Crippen LogP contribution >= 0.6 is 7.82 Å². The van der Waals surface area contributed by atoms with Crippen LogP contribution in [0.5, 0.6) is 0 Å². The predicted octanol–water partition coefficient (Wildman–Crippen LogP) is 8.76. The van der Waals surface area contributed by atoms with Crippen LogP contribution in [0.2, 0.25) is 0 Å². The Balaban J connectivity index is 2.53. The van der Waals surface area contributed by atoms with Gasteiger partial charge in [-0.25, -0.2) is 4.57 Å². The number of hydrogen-bond acceptors (Lipinski definition) is 11. The first kappa shape index (κ1) is 58.8. The van der Waals surface area contributed by atoms with Crippen molar-refractivity contribution in [1.29, 1.82) is 0 Å². The Bertz CT molecular complexity index is 1160. The van der Waals surface area contributed by atoms with E-state index in [0.29, 0.717) is 12.8 Å². The molecule has 1 rings (SSSR count). The molecular formula is C48H92NO12P. The lowest BCUT2D eigenvalue weighted by Crippen LogP contribution is -2.64. The van der Waals surface area contributed by atoms with Crippen molar-refractivity contribution in [2.24, 2.45) is 0 Å². The number of amides is 1. The third-order valence-corrected chi connectivity index (χ3v) is 13.0. The standard InChI is InChI=1S/C48H92NO12P/c1-3-5-7-9-11-13-15-17-19-21-23-25-27-29-31-33-35-39(50)37-42(52)49-40(38-60-62(58,59)61-48-46(56)44(54)43(53)45(55)47(48)57)41(51)36-34-32-30-28-26-24-22-20-18-16-14-12-10-8-6-4-2/h23,25,34,36,39-41,43-48,50-51,53-57H,3-22,24,26-33,35,37-38H2,1-2H3,(H,49,52)(H,58,59)/b25-23-,36-34+. The number of phosphoric ester groups is 1. The Morgan fingerprint density at radius 3 is 1.37 bits per heavy atom. The molecule has 1 fully saturated rings. The molecular weight excluding hydrogens is 813 g/mol. The average Bonchev–Trinajstić information content (AvgIpc) is 3.24. The van der Waals surface area contributed by atoms with E-state index in [2.05, 4.69) is 31.3 Å². The average molecular weight is 906 g/mol. The summed E-state index contributed by atoms with van der Waals surface area (Å²) in [6, 6.07) is -1.24. The molecule has 366 valence electrons. The van der Waals surface area contributed by atoms with Gasteiger partial charge in [0, 0.05) is 0 Å². The third-order valence-electron chi connectivity index (χ3n) is 12.0. The number of allylic oxidation sites excluding steroid dienone is 3. The molecule has 0 bridgehead atoms. The zero-order chi connectivity index (χ0) is 45.9. The van der Waals surface area contributed by atoms with Crippen LogP contribution in [0.3, 0.4) is 0 Å². The van der Waals surface area contributed by atoms with E-state index in [9.17, 15) is 50.0 Å². The molecule has 13 nitrogen and oxygen atoms in total. The molecule has 8 atom stereocenters. The maximum Gasteiger partial charge on any atom is 0.472 e. The number of phosphoric acid groups is 1. The number of nitrogens with one attached hydrogen (secondary N) is 1. The molecule has 0 heterocycles. The molecule has 0 aliphatic heterocycles. The summed E-state index contributed by atoms with van der Waals surface area (Å²) in [6.07, 6.45) is 28.3. The number of aliphatic hydroxyl groups is 7. The Kier molecular flexibility index (Phi) is 36.0. The summed E-state index contributed by atoms with van der Waals surface area (Å²) in [4.78, 5) is 23.5. The summed E-state index contributed by atoms with van der Waals surface area (Å²) in [7, 11) is -5.14. The molecule has 0 aromatic rings. The molecule has 14 heteroatoms. The van der Waals surface area contributed by atoms with Gasteiger partial charge in [0.2, 0.25) is 5.91 Å². The zero-order valence-corrected chi connectivity index (χ0v) is 39.7. The van der Waals surface area contributed by atoms with E-state index in [4.69, 9.17) is 9.05 Å². The smallest absolute Gasteiger partial charge is 0.393 e. The van der Waals surface area contributed by atoms with Gasteiger partial charge in [-0.05, 0) is 44.9 Å². The molecule has 1 aliphatic carbocycles. The fourth-order valence-corrected chi connectivity index (χ4v) is 8.91. The molecule has 0 radical (unpaired) electrons. The number of carbonyl (C=O) groups excluding carboxylic acids is 1. The lowest BCUT2D eigenvalue weighted by atomic mass is 9.85. The van der Waals surface area contributed by atoms with Crippen LogP contribution in [-0.4, -0.2) is 108 Å². The maximum absolute atomic E-state index is 13.0. The fourth-order valence-electron chi connectivity index (χ4n) is 7.94. The molecule has 0 spiro atoms. The van der Waals surface area contributed by atoms with Crippen LogP contribution in [0, 0.1) is 0 Å². The Labute approximate surface area is 375 Å². The van der Waals surface area contributed by atoms with Gasteiger partial charge in [-0.3, -0.25) is 13.8 Å². The molecule has 8 unspecified atom stereocenters. The van der Waals surface area contributed by atoms with Gasteiger partial charge in [0.05, 0.1) is 31.3 Å². The zero-order valence-electron chi connectivity index (χ0n) is 38.8. The number of aliphatic hydroxyl groups excluding tert-OH is 7. The molecule has 62 heavy (non-hydrogen) atoms. The van der Waals surface area contributed by atoms with Gasteiger partial charge in [0.25, 0.3) is 0 Å². The van der Waals surface area contributed by atoms with Gasteiger partial charge in [-0.2, -0.15) is 0 Å². The lowest BCUT2D eigenvalue weighted by Gasteiger charge is -2.41. The highest BCUT2D eigenvalue weighted by molar-refractivity contribution is 7.47. The van der Waals surface area contributed by atoms with Crippen LogP contribution in [0.4, 0.5) is 0 Å². The monoisotopic (exact) mass is 906 g/mol. The molecule has 1 saturated carbocycles. The minimum atomic E-state index is -5.14. The van der Waals surface area contributed by atoms with Crippen LogP contribution in [0.1, 0.15) is 213 Å². The van der Waals surface area contributed by atoms with E-state index in [1.807, 2.05) is 0 Å². The maximum atomic E-state index is 13.0. The quantitative estimate of drug-likeness (QED) is 0.0159. The van der Waals surface area contributed by atoms with E-state index in [-0.39, 0.29) is 6.42 Å². The van der Waals surface area contributed by atoms with Gasteiger partial charge in [-0.15, -0.1) is 0 Å². The Hall–Kier alpha value is -1.22. The number of carbonyl (C=O) groups is 1. The molecule has 0 aromatic carbocycles. The third kappa shape index (κ3) is 29.3. The first-order chi connectivity index (χ1) is 29.8. The first-order valence-electron chi connectivity index (χ1n) is 24.9. The second kappa shape index (κ2) is 37.9.